The van der Waals surface area contributed by atoms with Crippen LogP contribution in [0.15, 0.2) is 18.2 Å². The zero-order valence-corrected chi connectivity index (χ0v) is 17.1. The van der Waals surface area contributed by atoms with Gasteiger partial charge in [0.15, 0.2) is 0 Å². The monoisotopic (exact) mass is 391 g/mol. The smallest absolute Gasteiger partial charge is 0.317 e. The Hall–Kier alpha value is -1.75. The molecule has 5 nitrogen and oxygen atoms in total. The van der Waals surface area contributed by atoms with Gasteiger partial charge < -0.3 is 15.1 Å². The number of hydrogen-bond acceptors (Lipinski definition) is 2. The van der Waals surface area contributed by atoms with Gasteiger partial charge in [-0.25, -0.2) is 4.79 Å². The first-order chi connectivity index (χ1) is 12.9. The molecule has 1 fully saturated rings. The number of nitrogens with one attached hydrogen (secondary N) is 1. The summed E-state index contributed by atoms with van der Waals surface area (Å²) >= 11 is 6.10. The molecule has 1 N–H and O–H groups in total. The van der Waals surface area contributed by atoms with Gasteiger partial charge in [0.25, 0.3) is 0 Å². The maximum absolute atomic E-state index is 13.0. The Balaban J connectivity index is 1.59. The van der Waals surface area contributed by atoms with Gasteiger partial charge in [-0.05, 0) is 61.3 Å². The molecule has 0 saturated carbocycles. The fourth-order valence-electron chi connectivity index (χ4n) is 4.00. The van der Waals surface area contributed by atoms with Gasteiger partial charge in [-0.15, -0.1) is 0 Å². The van der Waals surface area contributed by atoms with E-state index in [-0.39, 0.29) is 17.9 Å². The van der Waals surface area contributed by atoms with Crippen LogP contribution in [0, 0.1) is 11.8 Å². The molecule has 0 aromatic heterocycles. The summed E-state index contributed by atoms with van der Waals surface area (Å²) in [5.74, 6) is 0.824. The number of urea groups is 1. The van der Waals surface area contributed by atoms with E-state index in [4.69, 9.17) is 11.6 Å². The van der Waals surface area contributed by atoms with Crippen LogP contribution in [0.5, 0.6) is 0 Å². The number of fused-ring (bicyclic) bond motifs is 1. The molecule has 0 spiro atoms. The van der Waals surface area contributed by atoms with Crippen molar-refractivity contribution in [1.29, 1.82) is 0 Å². The van der Waals surface area contributed by atoms with Gasteiger partial charge in [-0.3, -0.25) is 4.79 Å². The molecule has 148 valence electrons. The lowest BCUT2D eigenvalue weighted by molar-refractivity contribution is -0.119. The average molecular weight is 392 g/mol. The van der Waals surface area contributed by atoms with Gasteiger partial charge in [0.2, 0.25) is 5.91 Å². The topological polar surface area (TPSA) is 52.7 Å². The summed E-state index contributed by atoms with van der Waals surface area (Å²) in [7, 11) is 0. The SMILES string of the molecule is CC(C)CNC(=O)N1CCC[C@@H](CC(=O)N2CCCc3cc(Cl)ccc32)C1. The van der Waals surface area contributed by atoms with Crippen molar-refractivity contribution in [3.05, 3.63) is 28.8 Å². The number of carbonyl (C=O) groups excluding carboxylic acids is 2. The third-order valence-corrected chi connectivity index (χ3v) is 5.63. The van der Waals surface area contributed by atoms with Crippen LogP contribution in [-0.4, -0.2) is 43.0 Å². The van der Waals surface area contributed by atoms with E-state index in [1.807, 2.05) is 28.0 Å². The van der Waals surface area contributed by atoms with Crippen molar-refractivity contribution in [2.24, 2.45) is 11.8 Å². The first-order valence-electron chi connectivity index (χ1n) is 10.1. The number of amides is 3. The summed E-state index contributed by atoms with van der Waals surface area (Å²) < 4.78 is 0. The van der Waals surface area contributed by atoms with Gasteiger partial charge in [0, 0.05) is 43.3 Å². The number of benzene rings is 1. The molecular formula is C21H30ClN3O2. The summed E-state index contributed by atoms with van der Waals surface area (Å²) in [6.07, 6.45) is 4.39. The van der Waals surface area contributed by atoms with Crippen molar-refractivity contribution >= 4 is 29.2 Å². The standard InChI is InChI=1S/C21H30ClN3O2/c1-15(2)13-23-21(27)24-9-3-5-16(14-24)11-20(26)25-10-4-6-17-12-18(22)7-8-19(17)25/h7-8,12,15-16H,3-6,9-11,13-14H2,1-2H3,(H,23,27)/t16-/m0/s1. The molecule has 27 heavy (non-hydrogen) atoms. The third kappa shape index (κ3) is 5.16. The molecule has 1 atom stereocenters. The van der Waals surface area contributed by atoms with Crippen molar-refractivity contribution < 1.29 is 9.59 Å². The van der Waals surface area contributed by atoms with Crippen molar-refractivity contribution in [2.75, 3.05) is 31.1 Å². The molecule has 1 saturated heterocycles. The van der Waals surface area contributed by atoms with Crippen LogP contribution in [0.3, 0.4) is 0 Å². The van der Waals surface area contributed by atoms with Crippen LogP contribution in [0.2, 0.25) is 5.02 Å². The molecule has 6 heteroatoms. The number of anilines is 1. The van der Waals surface area contributed by atoms with Gasteiger partial charge >= 0.3 is 6.03 Å². The number of carbonyl (C=O) groups is 2. The fourth-order valence-corrected chi connectivity index (χ4v) is 4.20. The van der Waals surface area contributed by atoms with Crippen LogP contribution in [0.1, 0.15) is 45.1 Å². The van der Waals surface area contributed by atoms with E-state index in [1.165, 1.54) is 0 Å². The molecular weight excluding hydrogens is 362 g/mol. The Morgan fingerprint density at radius 2 is 2.07 bits per heavy atom. The summed E-state index contributed by atoms with van der Waals surface area (Å²) in [4.78, 5) is 29.1. The first kappa shape index (κ1) is 20.0. The zero-order chi connectivity index (χ0) is 19.4. The van der Waals surface area contributed by atoms with Crippen LogP contribution < -0.4 is 10.2 Å². The molecule has 0 radical (unpaired) electrons. The second-order valence-electron chi connectivity index (χ2n) is 8.16. The van der Waals surface area contributed by atoms with Crippen molar-refractivity contribution in [3.63, 3.8) is 0 Å². The fraction of sp³-hybridized carbons (Fsp3) is 0.619. The predicted octanol–water partition coefficient (Wildman–Crippen LogP) is 4.09. The Kier molecular flexibility index (Phi) is 6.64. The minimum Gasteiger partial charge on any atom is -0.338 e. The highest BCUT2D eigenvalue weighted by Gasteiger charge is 2.29. The molecule has 3 rings (SSSR count). The molecule has 2 aliphatic rings. The minimum atomic E-state index is -0.00110. The number of piperidine rings is 1. The van der Waals surface area contributed by atoms with Crippen molar-refractivity contribution in [3.8, 4) is 0 Å². The van der Waals surface area contributed by atoms with E-state index in [9.17, 15) is 9.59 Å². The summed E-state index contributed by atoms with van der Waals surface area (Å²) in [5.41, 5.74) is 2.15. The van der Waals surface area contributed by atoms with Gasteiger partial charge in [0.1, 0.15) is 0 Å². The number of rotatable bonds is 4. The van der Waals surface area contributed by atoms with Gasteiger partial charge in [-0.2, -0.15) is 0 Å². The number of likely N-dealkylation sites (tertiary alicyclic amines) is 1. The van der Waals surface area contributed by atoms with E-state index in [1.54, 1.807) is 0 Å². The highest BCUT2D eigenvalue weighted by atomic mass is 35.5. The molecule has 0 bridgehead atoms. The van der Waals surface area contributed by atoms with Crippen molar-refractivity contribution in [2.45, 2.75) is 46.0 Å². The van der Waals surface area contributed by atoms with Crippen LogP contribution in [0.25, 0.3) is 0 Å². The number of halogens is 1. The van der Waals surface area contributed by atoms with E-state index >= 15 is 0 Å². The van der Waals surface area contributed by atoms with E-state index in [0.29, 0.717) is 25.4 Å². The number of aryl methyl sites for hydroxylation is 1. The molecule has 1 aromatic rings. The Morgan fingerprint density at radius 3 is 2.85 bits per heavy atom. The maximum atomic E-state index is 13.0. The number of hydrogen-bond donors (Lipinski definition) is 1. The molecule has 3 amide bonds. The summed E-state index contributed by atoms with van der Waals surface area (Å²) in [6.45, 7) is 7.06. The zero-order valence-electron chi connectivity index (χ0n) is 16.3. The minimum absolute atomic E-state index is 0.00110. The highest BCUT2D eigenvalue weighted by Crippen LogP contribution is 2.31. The predicted molar refractivity (Wildman–Crippen MR) is 109 cm³/mol. The average Bonchev–Trinajstić information content (AvgIpc) is 2.65. The van der Waals surface area contributed by atoms with Crippen LogP contribution in [-0.2, 0) is 11.2 Å². The maximum Gasteiger partial charge on any atom is 0.317 e. The Morgan fingerprint density at radius 1 is 1.26 bits per heavy atom. The van der Waals surface area contributed by atoms with E-state index in [0.717, 1.165) is 55.0 Å². The molecule has 1 aromatic carbocycles. The third-order valence-electron chi connectivity index (χ3n) is 5.39. The van der Waals surface area contributed by atoms with E-state index < -0.39 is 0 Å². The van der Waals surface area contributed by atoms with Crippen LogP contribution >= 0.6 is 11.6 Å². The van der Waals surface area contributed by atoms with Crippen molar-refractivity contribution in [1.82, 2.24) is 10.2 Å². The molecule has 0 unspecified atom stereocenters. The highest BCUT2D eigenvalue weighted by molar-refractivity contribution is 6.30. The normalized spacial score (nSPS) is 19.8. The second kappa shape index (κ2) is 8.96. The van der Waals surface area contributed by atoms with Crippen LogP contribution in [0.4, 0.5) is 10.5 Å². The molecule has 2 heterocycles. The summed E-state index contributed by atoms with van der Waals surface area (Å²) in [5, 5.41) is 3.71. The van der Waals surface area contributed by atoms with Gasteiger partial charge in [0.05, 0.1) is 0 Å². The lowest BCUT2D eigenvalue weighted by Crippen LogP contribution is -2.47. The van der Waals surface area contributed by atoms with E-state index in [2.05, 4.69) is 19.2 Å². The quantitative estimate of drug-likeness (QED) is 0.840. The second-order valence-corrected chi connectivity index (χ2v) is 8.60. The summed E-state index contributed by atoms with van der Waals surface area (Å²) in [6, 6.07) is 5.78. The Bertz CT molecular complexity index is 692. The lowest BCUT2D eigenvalue weighted by Gasteiger charge is -2.35. The molecule has 0 aliphatic carbocycles. The number of nitrogens with zero attached hydrogens (tertiary/aromatic N) is 2. The largest absolute Gasteiger partial charge is 0.338 e. The van der Waals surface area contributed by atoms with Gasteiger partial charge in [-0.1, -0.05) is 25.4 Å². The first-order valence-corrected chi connectivity index (χ1v) is 10.4. The lowest BCUT2D eigenvalue weighted by atomic mass is 9.93. The molecule has 2 aliphatic heterocycles. The Labute approximate surface area is 167 Å².